The fourth-order valence-corrected chi connectivity index (χ4v) is 4.11. The summed E-state index contributed by atoms with van der Waals surface area (Å²) in [6, 6.07) is 0. The molecule has 0 amide bonds. The first-order valence-corrected chi connectivity index (χ1v) is 5.76. The Morgan fingerprint density at radius 1 is 0.923 bits per heavy atom. The number of carbonyl (C=O) groups is 2. The van der Waals surface area contributed by atoms with Crippen LogP contribution >= 0.6 is 31.9 Å². The number of halogens is 2. The predicted molar refractivity (Wildman–Crippen MR) is 60.0 cm³/mol. The van der Waals surface area contributed by atoms with Crippen molar-refractivity contribution in [2.24, 2.45) is 17.3 Å². The quantitative estimate of drug-likeness (QED) is 0.590. The molecule has 0 saturated carbocycles. The van der Waals surface area contributed by atoms with Crippen LogP contribution in [0.5, 0.6) is 0 Å². The van der Waals surface area contributed by atoms with Gasteiger partial charge in [-0.2, -0.15) is 0 Å². The van der Waals surface area contributed by atoms with Gasteiger partial charge in [0, 0.05) is 0 Å². The third-order valence-corrected chi connectivity index (χ3v) is 3.78. The lowest BCUT2D eigenvalue weighted by atomic mass is 9.71. The smallest absolute Gasteiger partial charge is 0.212 e. The summed E-state index contributed by atoms with van der Waals surface area (Å²) in [6.45, 7) is 7.49. The molecule has 4 heteroatoms. The molecule has 76 valence electrons. The van der Waals surface area contributed by atoms with Gasteiger partial charge in [0.25, 0.3) is 0 Å². The highest BCUT2D eigenvalue weighted by Crippen LogP contribution is 2.41. The van der Waals surface area contributed by atoms with Gasteiger partial charge in [-0.1, -0.05) is 27.7 Å². The summed E-state index contributed by atoms with van der Waals surface area (Å²) in [4.78, 5) is 22.9. The minimum Gasteiger partial charge on any atom is -0.285 e. The molecule has 0 rings (SSSR count). The second-order valence-corrected chi connectivity index (χ2v) is 5.17. The minimum atomic E-state index is -0.944. The van der Waals surface area contributed by atoms with Crippen molar-refractivity contribution >= 4 is 41.2 Å². The molecule has 0 aliphatic rings. The van der Waals surface area contributed by atoms with Crippen molar-refractivity contribution in [1.29, 1.82) is 0 Å². The minimum absolute atomic E-state index is 0.0220. The molecule has 0 saturated heterocycles. The van der Waals surface area contributed by atoms with Gasteiger partial charge in [0.15, 0.2) is 0 Å². The molecule has 0 radical (unpaired) electrons. The standard InChI is InChI=1S/C9H14Br2O2/c1-5(2)9(6(3)4,7(10)12)8(11)13/h5-6H,1-4H3. The zero-order valence-corrected chi connectivity index (χ0v) is 11.4. The molecule has 0 atom stereocenters. The Labute approximate surface area is 95.7 Å². The van der Waals surface area contributed by atoms with E-state index in [1.54, 1.807) is 0 Å². The van der Waals surface area contributed by atoms with E-state index in [-0.39, 0.29) is 21.2 Å². The third-order valence-electron chi connectivity index (χ3n) is 2.47. The van der Waals surface area contributed by atoms with Crippen molar-refractivity contribution < 1.29 is 9.59 Å². The highest BCUT2D eigenvalue weighted by Gasteiger charge is 2.48. The first-order valence-electron chi connectivity index (χ1n) is 4.17. The van der Waals surface area contributed by atoms with Crippen LogP contribution in [0.1, 0.15) is 27.7 Å². The number of carbonyl (C=O) groups excluding carboxylic acids is 2. The lowest BCUT2D eigenvalue weighted by Gasteiger charge is -2.34. The maximum atomic E-state index is 11.5. The number of rotatable bonds is 4. The first-order chi connectivity index (χ1) is 5.77. The van der Waals surface area contributed by atoms with Crippen molar-refractivity contribution in [2.45, 2.75) is 27.7 Å². The van der Waals surface area contributed by atoms with E-state index in [1.807, 2.05) is 27.7 Å². The van der Waals surface area contributed by atoms with Crippen LogP contribution in [0.4, 0.5) is 0 Å². The summed E-state index contributed by atoms with van der Waals surface area (Å²) in [5.41, 5.74) is -0.944. The molecule has 0 aromatic carbocycles. The highest BCUT2D eigenvalue weighted by atomic mass is 79.9. The Balaban J connectivity index is 5.32. The van der Waals surface area contributed by atoms with Crippen molar-refractivity contribution in [3.05, 3.63) is 0 Å². The average molecular weight is 314 g/mol. The molecule has 13 heavy (non-hydrogen) atoms. The Bertz CT molecular complexity index is 198. The fourth-order valence-electron chi connectivity index (χ4n) is 1.65. The Hall–Kier alpha value is 0.300. The molecule has 0 heterocycles. The summed E-state index contributed by atoms with van der Waals surface area (Å²) in [7, 11) is 0. The maximum Gasteiger partial charge on any atom is 0.212 e. The molecule has 0 aliphatic heterocycles. The van der Waals surface area contributed by atoms with Crippen LogP contribution in [0.25, 0.3) is 0 Å². The molecular weight excluding hydrogens is 300 g/mol. The van der Waals surface area contributed by atoms with E-state index in [9.17, 15) is 9.59 Å². The van der Waals surface area contributed by atoms with Crippen molar-refractivity contribution in [3.63, 3.8) is 0 Å². The zero-order valence-electron chi connectivity index (χ0n) is 8.23. The van der Waals surface area contributed by atoms with E-state index >= 15 is 0 Å². The van der Waals surface area contributed by atoms with Gasteiger partial charge in [-0.3, -0.25) is 9.59 Å². The van der Waals surface area contributed by atoms with E-state index in [2.05, 4.69) is 31.9 Å². The molecule has 0 aromatic heterocycles. The Morgan fingerprint density at radius 3 is 1.15 bits per heavy atom. The van der Waals surface area contributed by atoms with Gasteiger partial charge in [-0.25, -0.2) is 0 Å². The van der Waals surface area contributed by atoms with Gasteiger partial charge in [-0.05, 0) is 43.7 Å². The first kappa shape index (κ1) is 13.3. The predicted octanol–water partition coefficient (Wildman–Crippen LogP) is 3.13. The van der Waals surface area contributed by atoms with E-state index in [0.29, 0.717) is 0 Å². The second kappa shape index (κ2) is 4.69. The summed E-state index contributed by atoms with van der Waals surface area (Å²) < 4.78 is -0.487. The van der Waals surface area contributed by atoms with Crippen LogP contribution in [-0.2, 0) is 9.59 Å². The normalized spacial score (nSPS) is 12.3. The fraction of sp³-hybridized carbons (Fsp3) is 0.778. The molecule has 0 aromatic rings. The molecule has 0 fully saturated rings. The molecule has 0 unspecified atom stereocenters. The monoisotopic (exact) mass is 312 g/mol. The largest absolute Gasteiger partial charge is 0.285 e. The van der Waals surface area contributed by atoms with Gasteiger partial charge in [-0.15, -0.1) is 0 Å². The SMILES string of the molecule is CC(C)C(C(=O)Br)(C(=O)Br)C(C)C. The van der Waals surface area contributed by atoms with Crippen molar-refractivity contribution in [2.75, 3.05) is 0 Å². The Kier molecular flexibility index (Phi) is 4.80. The van der Waals surface area contributed by atoms with Crippen LogP contribution in [-0.4, -0.2) is 9.39 Å². The molecule has 0 bridgehead atoms. The topological polar surface area (TPSA) is 34.1 Å². The molecule has 0 spiro atoms. The zero-order chi connectivity index (χ0) is 10.8. The van der Waals surface area contributed by atoms with E-state index in [1.165, 1.54) is 0 Å². The lowest BCUT2D eigenvalue weighted by Crippen LogP contribution is -2.43. The summed E-state index contributed by atoms with van der Waals surface area (Å²) in [5.74, 6) is -0.0440. The summed E-state index contributed by atoms with van der Waals surface area (Å²) in [6.07, 6.45) is 0. The van der Waals surface area contributed by atoms with Gasteiger partial charge < -0.3 is 0 Å². The van der Waals surface area contributed by atoms with E-state index in [0.717, 1.165) is 0 Å². The van der Waals surface area contributed by atoms with Crippen LogP contribution in [0, 0.1) is 17.3 Å². The van der Waals surface area contributed by atoms with Crippen molar-refractivity contribution in [1.82, 2.24) is 0 Å². The highest BCUT2D eigenvalue weighted by molar-refractivity contribution is 9.19. The Morgan fingerprint density at radius 2 is 1.15 bits per heavy atom. The van der Waals surface area contributed by atoms with Gasteiger partial charge in [0.2, 0.25) is 9.39 Å². The number of hydrogen-bond acceptors (Lipinski definition) is 2. The lowest BCUT2D eigenvalue weighted by molar-refractivity contribution is -0.135. The van der Waals surface area contributed by atoms with Gasteiger partial charge >= 0.3 is 0 Å². The molecule has 2 nitrogen and oxygen atoms in total. The molecule has 0 aliphatic carbocycles. The van der Waals surface area contributed by atoms with Crippen molar-refractivity contribution in [3.8, 4) is 0 Å². The molecular formula is C9H14Br2O2. The van der Waals surface area contributed by atoms with Crippen LogP contribution < -0.4 is 0 Å². The molecule has 0 N–H and O–H groups in total. The maximum absolute atomic E-state index is 11.5. The number of hydrogen-bond donors (Lipinski definition) is 0. The van der Waals surface area contributed by atoms with Crippen LogP contribution in [0.3, 0.4) is 0 Å². The van der Waals surface area contributed by atoms with Crippen LogP contribution in [0.15, 0.2) is 0 Å². The van der Waals surface area contributed by atoms with Crippen LogP contribution in [0.2, 0.25) is 0 Å². The second-order valence-electron chi connectivity index (χ2n) is 3.73. The van der Waals surface area contributed by atoms with Gasteiger partial charge in [0.1, 0.15) is 5.41 Å². The van der Waals surface area contributed by atoms with Gasteiger partial charge in [0.05, 0.1) is 0 Å². The van der Waals surface area contributed by atoms with E-state index in [4.69, 9.17) is 0 Å². The average Bonchev–Trinajstić information content (AvgIpc) is 1.82. The van der Waals surface area contributed by atoms with E-state index < -0.39 is 5.41 Å². The third kappa shape index (κ3) is 2.21. The summed E-state index contributed by atoms with van der Waals surface area (Å²) in [5, 5.41) is 0. The summed E-state index contributed by atoms with van der Waals surface area (Å²) >= 11 is 5.82.